The van der Waals surface area contributed by atoms with Crippen molar-refractivity contribution in [1.29, 1.82) is 0 Å². The Morgan fingerprint density at radius 2 is 0.427 bits per heavy atom. The third-order valence-electron chi connectivity index (χ3n) is 20.3. The van der Waals surface area contributed by atoms with E-state index in [1.54, 1.807) is 0 Å². The molecule has 4 heterocycles. The van der Waals surface area contributed by atoms with Gasteiger partial charge in [-0.3, -0.25) is 0 Å². The van der Waals surface area contributed by atoms with Crippen molar-refractivity contribution < 1.29 is 0 Å². The van der Waals surface area contributed by atoms with Gasteiger partial charge in [0, 0.05) is 72.2 Å². The molecule has 0 N–H and O–H groups in total. The van der Waals surface area contributed by atoms with Gasteiger partial charge in [-0.15, -0.1) is 0 Å². The second-order valence-corrected chi connectivity index (χ2v) is 26.9. The highest BCUT2D eigenvalue weighted by atomic mass is 14.9. The van der Waals surface area contributed by atoms with Crippen LogP contribution in [0.4, 0.5) is 0 Å². The lowest BCUT2D eigenvalue weighted by Crippen LogP contribution is -2.16. The molecule has 103 heavy (non-hydrogen) atoms. The van der Waals surface area contributed by atoms with Gasteiger partial charge in [-0.05, 0) is 114 Å². The van der Waals surface area contributed by atoms with Crippen LogP contribution in [0.2, 0.25) is 0 Å². The highest BCUT2D eigenvalue weighted by Gasteiger charge is 2.40. The summed E-state index contributed by atoms with van der Waals surface area (Å²) in [6, 6.07) is 119. The zero-order chi connectivity index (χ0) is 68.5. The first-order chi connectivity index (χ1) is 50.8. The molecule has 482 valence electrons. The minimum absolute atomic E-state index is 0.608. The van der Waals surface area contributed by atoms with E-state index in [4.69, 9.17) is 39.9 Å². The second kappa shape index (κ2) is 25.0. The Morgan fingerprint density at radius 3 is 0.709 bits per heavy atom. The molecule has 8 nitrogen and oxygen atoms in total. The van der Waals surface area contributed by atoms with Gasteiger partial charge in [0.2, 0.25) is 0 Å². The van der Waals surface area contributed by atoms with Crippen LogP contribution < -0.4 is 0 Å². The summed E-state index contributed by atoms with van der Waals surface area (Å²) in [6.45, 7) is 4.80. The van der Waals surface area contributed by atoms with Crippen molar-refractivity contribution in [3.05, 3.63) is 351 Å². The molecule has 0 spiro atoms. The third-order valence-corrected chi connectivity index (χ3v) is 20.3. The van der Waals surface area contributed by atoms with E-state index in [1.165, 1.54) is 16.5 Å². The smallest absolute Gasteiger partial charge is 0.160 e. The number of benzene rings is 14. The van der Waals surface area contributed by atoms with Crippen molar-refractivity contribution in [2.45, 2.75) is 19.3 Å². The van der Waals surface area contributed by atoms with Gasteiger partial charge in [0.25, 0.3) is 0 Å². The van der Waals surface area contributed by atoms with Crippen LogP contribution >= 0.6 is 0 Å². The Kier molecular flexibility index (Phi) is 14.7. The van der Waals surface area contributed by atoms with Crippen molar-refractivity contribution in [3.8, 4) is 147 Å². The summed E-state index contributed by atoms with van der Waals surface area (Å²) < 4.78 is 0. The minimum Gasteiger partial charge on any atom is -0.228 e. The highest BCUT2D eigenvalue weighted by Crippen LogP contribution is 2.58. The van der Waals surface area contributed by atoms with Crippen LogP contribution in [-0.2, 0) is 5.41 Å². The van der Waals surface area contributed by atoms with Crippen LogP contribution in [0, 0.1) is 0 Å². The second-order valence-electron chi connectivity index (χ2n) is 26.9. The van der Waals surface area contributed by atoms with Gasteiger partial charge >= 0.3 is 0 Å². The van der Waals surface area contributed by atoms with Crippen LogP contribution in [0.5, 0.6) is 0 Å². The van der Waals surface area contributed by atoms with Crippen LogP contribution in [0.1, 0.15) is 25.0 Å². The fourth-order valence-electron chi connectivity index (χ4n) is 15.2. The molecule has 0 bridgehead atoms. The molecule has 0 fully saturated rings. The Hall–Kier alpha value is -13.6. The van der Waals surface area contributed by atoms with Gasteiger partial charge in [-0.2, -0.15) is 0 Å². The van der Waals surface area contributed by atoms with E-state index in [-0.39, 0.29) is 0 Å². The average molecular weight is 1320 g/mol. The monoisotopic (exact) mass is 1310 g/mol. The van der Waals surface area contributed by atoms with Gasteiger partial charge in [0.15, 0.2) is 23.3 Å². The number of hydrogen-bond acceptors (Lipinski definition) is 8. The summed E-state index contributed by atoms with van der Waals surface area (Å²) in [5, 5.41) is 8.75. The molecular formula is C95H62N8. The van der Waals surface area contributed by atoms with Crippen LogP contribution in [-0.4, -0.2) is 39.9 Å². The Morgan fingerprint density at radius 1 is 0.194 bits per heavy atom. The molecule has 4 aromatic heterocycles. The van der Waals surface area contributed by atoms with E-state index < -0.39 is 5.41 Å². The molecule has 0 radical (unpaired) electrons. The SMILES string of the molecule is CC1(C)c2cc(-c3nc(-c4ccccc4)cc(-c4ccccc4)n3)ccc2-c2c1c1c3ccc(-c4nc(-c5ccccc5)cc(-c5ccccc5)n4)cc3c3cc(-c4nc(-c5ccccc5)cc(-c5ccccc5)n4)ccc3c1c1ccc(-c3nc(-c4ccccc4)cc(-c4ccccc4)n3)cc21. The largest absolute Gasteiger partial charge is 0.228 e. The highest BCUT2D eigenvalue weighted by molar-refractivity contribution is 6.35. The topological polar surface area (TPSA) is 103 Å². The zero-order valence-corrected chi connectivity index (χ0v) is 56.4. The minimum atomic E-state index is -0.608. The lowest BCUT2D eigenvalue weighted by Gasteiger charge is -2.26. The predicted octanol–water partition coefficient (Wildman–Crippen LogP) is 23.8. The van der Waals surface area contributed by atoms with Crippen molar-refractivity contribution in [1.82, 2.24) is 39.9 Å². The maximum Gasteiger partial charge on any atom is 0.160 e. The fraction of sp³-hybridized carbons (Fsp3) is 0.0316. The van der Waals surface area contributed by atoms with Crippen molar-refractivity contribution in [3.63, 3.8) is 0 Å². The molecule has 1 aliphatic carbocycles. The van der Waals surface area contributed by atoms with E-state index in [2.05, 4.69) is 305 Å². The standard InChI is InChI=1S/C95H62N8/c1-95(2)78-54-70(94-102-85(65-39-23-9-24-40-65)58-86(103-94)66-41-25-10-26-42-66)46-50-74(78)88-77-53-69(93-100-83(63-35-19-7-20-36-63)57-84(101-93)64-37-21-8-22-38-64)45-49-73(77)87-71-47-43-67(91-96-79(59-27-11-3-12-28-59)55-80(97-91)60-29-13-4-14-30-60)51-75(71)76-52-68(44-48-72(76)89(87)90(88)95)92-98-81(61-31-15-5-16-32-61)56-82(99-92)62-33-17-6-18-34-62/h3-58H,1-2H3. The molecule has 19 rings (SSSR count). The maximum absolute atomic E-state index is 5.45. The molecule has 18 aromatic rings. The molecule has 14 aromatic carbocycles. The van der Waals surface area contributed by atoms with Crippen LogP contribution in [0.15, 0.2) is 340 Å². The molecule has 0 saturated heterocycles. The molecule has 0 atom stereocenters. The summed E-state index contributed by atoms with van der Waals surface area (Å²) in [5.41, 5.74) is 22.5. The first kappa shape index (κ1) is 60.6. The summed E-state index contributed by atoms with van der Waals surface area (Å²) in [6.07, 6.45) is 0. The van der Waals surface area contributed by atoms with E-state index in [0.717, 1.165) is 161 Å². The first-order valence-electron chi connectivity index (χ1n) is 34.9. The van der Waals surface area contributed by atoms with E-state index in [9.17, 15) is 0 Å². The lowest BCUT2D eigenvalue weighted by atomic mass is 9.76. The molecule has 8 heteroatoms. The van der Waals surface area contributed by atoms with E-state index in [0.29, 0.717) is 23.3 Å². The predicted molar refractivity (Wildman–Crippen MR) is 422 cm³/mol. The van der Waals surface area contributed by atoms with Crippen LogP contribution in [0.3, 0.4) is 0 Å². The quantitative estimate of drug-likeness (QED) is 0.111. The first-order valence-corrected chi connectivity index (χ1v) is 34.9. The van der Waals surface area contributed by atoms with E-state index >= 15 is 0 Å². The normalized spacial score (nSPS) is 12.3. The fourth-order valence-corrected chi connectivity index (χ4v) is 15.2. The van der Waals surface area contributed by atoms with E-state index in [1.807, 2.05) is 48.5 Å². The molecule has 1 aliphatic rings. The van der Waals surface area contributed by atoms with Gasteiger partial charge in [0.1, 0.15) is 0 Å². The number of aromatic nitrogens is 8. The summed E-state index contributed by atoms with van der Waals surface area (Å²) in [4.78, 5) is 43.5. The summed E-state index contributed by atoms with van der Waals surface area (Å²) >= 11 is 0. The van der Waals surface area contributed by atoms with Crippen molar-refractivity contribution >= 4 is 43.1 Å². The molecule has 0 saturated carbocycles. The number of hydrogen-bond donors (Lipinski definition) is 0. The van der Waals surface area contributed by atoms with Gasteiger partial charge in [-0.1, -0.05) is 305 Å². The van der Waals surface area contributed by atoms with Crippen molar-refractivity contribution in [2.24, 2.45) is 0 Å². The number of rotatable bonds is 12. The summed E-state index contributed by atoms with van der Waals surface area (Å²) in [5.74, 6) is 2.53. The van der Waals surface area contributed by atoms with Crippen molar-refractivity contribution in [2.75, 3.05) is 0 Å². The Balaban J connectivity index is 0.909. The van der Waals surface area contributed by atoms with Gasteiger partial charge < -0.3 is 0 Å². The molecular weight excluding hydrogens is 1250 g/mol. The van der Waals surface area contributed by atoms with Crippen LogP contribution in [0.25, 0.3) is 190 Å². The summed E-state index contributed by atoms with van der Waals surface area (Å²) in [7, 11) is 0. The molecule has 0 amide bonds. The Labute approximate surface area is 596 Å². The van der Waals surface area contributed by atoms with Gasteiger partial charge in [0.05, 0.1) is 45.6 Å². The maximum atomic E-state index is 5.45. The zero-order valence-electron chi connectivity index (χ0n) is 56.4. The van der Waals surface area contributed by atoms with Gasteiger partial charge in [-0.25, -0.2) is 39.9 Å². The average Bonchev–Trinajstić information content (AvgIpc) is 1.55. The number of fused-ring (bicyclic) bond motifs is 13. The molecule has 0 unspecified atom stereocenters. The third kappa shape index (κ3) is 10.9. The number of nitrogens with zero attached hydrogens (tertiary/aromatic N) is 8. The Bertz CT molecular complexity index is 6110. The molecule has 0 aliphatic heterocycles. The lowest BCUT2D eigenvalue weighted by molar-refractivity contribution is 0.667.